The van der Waals surface area contributed by atoms with E-state index in [1.165, 1.54) is 0 Å². The largest absolute Gasteiger partial charge is 0.497 e. The van der Waals surface area contributed by atoms with Crippen molar-refractivity contribution in [3.05, 3.63) is 129 Å². The maximum atomic E-state index is 14.7. The maximum absolute atomic E-state index is 14.7. The molecule has 3 aliphatic carbocycles. The number of fused-ring (bicyclic) bond motifs is 3. The van der Waals surface area contributed by atoms with E-state index in [9.17, 15) is 9.59 Å². The van der Waals surface area contributed by atoms with Crippen molar-refractivity contribution in [2.45, 2.75) is 38.0 Å². The Morgan fingerprint density at radius 1 is 0.680 bits per heavy atom. The van der Waals surface area contributed by atoms with Crippen molar-refractivity contribution in [2.24, 2.45) is 0 Å². The van der Waals surface area contributed by atoms with Crippen LogP contribution in [-0.4, -0.2) is 53.6 Å². The Morgan fingerprint density at radius 3 is 1.84 bits per heavy atom. The molecule has 0 saturated heterocycles. The molecule has 3 aliphatic rings. The molecule has 4 aromatic carbocycles. The van der Waals surface area contributed by atoms with Gasteiger partial charge in [0.15, 0.2) is 0 Å². The second-order valence-electron chi connectivity index (χ2n) is 12.4. The van der Waals surface area contributed by atoms with Gasteiger partial charge in [-0.2, -0.15) is 0 Å². The van der Waals surface area contributed by atoms with E-state index < -0.39 is 11.4 Å². The van der Waals surface area contributed by atoms with Gasteiger partial charge in [0.05, 0.1) is 58.2 Å². The van der Waals surface area contributed by atoms with Crippen LogP contribution in [0.2, 0.25) is 0 Å². The van der Waals surface area contributed by atoms with Gasteiger partial charge in [0.25, 0.3) is 0 Å². The molecular formula is C42H40O8. The van der Waals surface area contributed by atoms with E-state index in [1.54, 1.807) is 28.4 Å². The Bertz CT molecular complexity index is 2060. The summed E-state index contributed by atoms with van der Waals surface area (Å²) in [5.74, 6) is 1.07. The van der Waals surface area contributed by atoms with Crippen molar-refractivity contribution in [1.82, 2.24) is 0 Å². The number of hydrogen-bond acceptors (Lipinski definition) is 8. The zero-order valence-electron chi connectivity index (χ0n) is 29.2. The number of hydrogen-bond donors (Lipinski definition) is 0. The highest BCUT2D eigenvalue weighted by Crippen LogP contribution is 2.67. The van der Waals surface area contributed by atoms with Crippen LogP contribution < -0.4 is 18.9 Å². The summed E-state index contributed by atoms with van der Waals surface area (Å²) in [4.78, 5) is 28.7. The fourth-order valence-electron chi connectivity index (χ4n) is 8.44. The van der Waals surface area contributed by atoms with Crippen molar-refractivity contribution in [3.8, 4) is 23.0 Å². The molecule has 7 rings (SSSR count). The highest BCUT2D eigenvalue weighted by atomic mass is 16.5. The standard InChI is InChI=1S/C42H40O8/c1-7-49-40(43)35-27-19-20-42(38-31(48-6)23-30(47-5)37(34(27)38)32(35)24-15-11-9-12-16-24)28-21-26(45-3)22-29(46-4)36(28)33(25-17-13-10-14-18-25)39(42)41(44)50-8-2/h9-18,21-23,27H,7-8,19-20H2,1-6H3/t27-,42+/m0/s1. The predicted octanol–water partition coefficient (Wildman–Crippen LogP) is 7.64. The van der Waals surface area contributed by atoms with E-state index in [0.717, 1.165) is 50.1 Å². The molecule has 0 radical (unpaired) electrons. The molecule has 0 saturated carbocycles. The third-order valence-corrected chi connectivity index (χ3v) is 10.2. The normalized spacial score (nSPS) is 18.5. The van der Waals surface area contributed by atoms with E-state index in [2.05, 4.69) is 0 Å². The summed E-state index contributed by atoms with van der Waals surface area (Å²) < 4.78 is 36.0. The second kappa shape index (κ2) is 13.1. The third-order valence-electron chi connectivity index (χ3n) is 10.2. The smallest absolute Gasteiger partial charge is 0.335 e. The summed E-state index contributed by atoms with van der Waals surface area (Å²) in [6, 6.07) is 25.4. The molecule has 8 nitrogen and oxygen atoms in total. The molecule has 256 valence electrons. The molecule has 50 heavy (non-hydrogen) atoms. The Kier molecular flexibility index (Phi) is 8.64. The molecule has 0 aromatic heterocycles. The van der Waals surface area contributed by atoms with Gasteiger partial charge in [-0.25, -0.2) is 9.59 Å². The van der Waals surface area contributed by atoms with Crippen LogP contribution in [0.5, 0.6) is 23.0 Å². The molecule has 1 spiro atoms. The van der Waals surface area contributed by atoms with E-state index in [0.29, 0.717) is 47.0 Å². The second-order valence-corrected chi connectivity index (χ2v) is 12.4. The molecule has 0 heterocycles. The lowest BCUT2D eigenvalue weighted by molar-refractivity contribution is -0.140. The number of benzene rings is 4. The minimum atomic E-state index is -1.08. The van der Waals surface area contributed by atoms with Gasteiger partial charge in [-0.3, -0.25) is 0 Å². The molecule has 8 heteroatoms. The van der Waals surface area contributed by atoms with E-state index in [-0.39, 0.29) is 25.1 Å². The first-order chi connectivity index (χ1) is 24.4. The lowest BCUT2D eigenvalue weighted by Gasteiger charge is -2.42. The van der Waals surface area contributed by atoms with Crippen LogP contribution in [-0.2, 0) is 24.5 Å². The summed E-state index contributed by atoms with van der Waals surface area (Å²) in [5, 5.41) is 0. The first kappa shape index (κ1) is 33.0. The Labute approximate surface area is 292 Å². The molecule has 0 fully saturated rings. The lowest BCUT2D eigenvalue weighted by atomic mass is 9.60. The minimum absolute atomic E-state index is 0.185. The lowest BCUT2D eigenvalue weighted by Crippen LogP contribution is -2.38. The van der Waals surface area contributed by atoms with Crippen LogP contribution in [0.15, 0.2) is 90.0 Å². The van der Waals surface area contributed by atoms with Gasteiger partial charge in [-0.05, 0) is 55.0 Å². The summed E-state index contributed by atoms with van der Waals surface area (Å²) >= 11 is 0. The molecular weight excluding hydrogens is 632 g/mol. The van der Waals surface area contributed by atoms with Gasteiger partial charge in [-0.1, -0.05) is 60.7 Å². The van der Waals surface area contributed by atoms with Gasteiger partial charge in [0.1, 0.15) is 23.0 Å². The van der Waals surface area contributed by atoms with E-state index in [1.807, 2.05) is 92.7 Å². The van der Waals surface area contributed by atoms with Gasteiger partial charge >= 0.3 is 11.9 Å². The quantitative estimate of drug-likeness (QED) is 0.159. The van der Waals surface area contributed by atoms with E-state index in [4.69, 9.17) is 28.4 Å². The maximum Gasteiger partial charge on any atom is 0.335 e. The number of esters is 2. The van der Waals surface area contributed by atoms with Gasteiger partial charge in [0.2, 0.25) is 0 Å². The summed E-state index contributed by atoms with van der Waals surface area (Å²) in [7, 11) is 6.48. The van der Waals surface area contributed by atoms with Crippen molar-refractivity contribution in [2.75, 3.05) is 41.7 Å². The Balaban J connectivity index is 1.68. The van der Waals surface area contributed by atoms with Gasteiger partial charge in [0, 0.05) is 45.9 Å². The molecule has 4 aromatic rings. The number of carbonyl (C=O) groups excluding carboxylic acids is 2. The van der Waals surface area contributed by atoms with Crippen LogP contribution in [0.25, 0.3) is 11.1 Å². The van der Waals surface area contributed by atoms with E-state index >= 15 is 0 Å². The molecule has 0 bridgehead atoms. The van der Waals surface area contributed by atoms with Crippen molar-refractivity contribution < 1.29 is 38.0 Å². The van der Waals surface area contributed by atoms with Crippen LogP contribution >= 0.6 is 0 Å². The first-order valence-corrected chi connectivity index (χ1v) is 16.9. The molecule has 0 aliphatic heterocycles. The number of carbonyl (C=O) groups is 2. The van der Waals surface area contributed by atoms with Gasteiger partial charge in [-0.15, -0.1) is 0 Å². The highest BCUT2D eigenvalue weighted by Gasteiger charge is 2.59. The molecule has 0 N–H and O–H groups in total. The van der Waals surface area contributed by atoms with Crippen LogP contribution in [0.4, 0.5) is 0 Å². The molecule has 2 atom stereocenters. The van der Waals surface area contributed by atoms with Crippen molar-refractivity contribution in [1.29, 1.82) is 0 Å². The number of methoxy groups -OCH3 is 4. The fourth-order valence-corrected chi connectivity index (χ4v) is 8.44. The third kappa shape index (κ3) is 4.72. The summed E-state index contributed by atoms with van der Waals surface area (Å²) in [6.45, 7) is 4.03. The molecule has 0 unspecified atom stereocenters. The fraction of sp³-hybridized carbons (Fsp3) is 0.286. The zero-order valence-corrected chi connectivity index (χ0v) is 29.2. The summed E-state index contributed by atoms with van der Waals surface area (Å²) in [5.41, 5.74) is 7.24. The molecule has 0 amide bonds. The van der Waals surface area contributed by atoms with Gasteiger partial charge < -0.3 is 28.4 Å². The average molecular weight is 673 g/mol. The highest BCUT2D eigenvalue weighted by molar-refractivity contribution is 6.12. The topological polar surface area (TPSA) is 89.5 Å². The Morgan fingerprint density at radius 2 is 1.26 bits per heavy atom. The average Bonchev–Trinajstić information content (AvgIpc) is 3.65. The van der Waals surface area contributed by atoms with Crippen LogP contribution in [0.3, 0.4) is 0 Å². The van der Waals surface area contributed by atoms with Crippen molar-refractivity contribution >= 4 is 23.1 Å². The SMILES string of the molecule is CCOC(=O)C1=C(c2ccccc2)c2c(OC)cc(OC)c3c2[C@@H]1CC[C@]31C(C(=O)OCC)=C(c2ccccc2)c2c(OC)cc(OC)cc21. The zero-order chi connectivity index (χ0) is 35.2. The summed E-state index contributed by atoms with van der Waals surface area (Å²) in [6.07, 6.45) is 0.969. The van der Waals surface area contributed by atoms with Crippen LogP contribution in [0, 0.1) is 0 Å². The van der Waals surface area contributed by atoms with Crippen molar-refractivity contribution in [3.63, 3.8) is 0 Å². The predicted molar refractivity (Wildman–Crippen MR) is 190 cm³/mol. The first-order valence-electron chi connectivity index (χ1n) is 16.9. The minimum Gasteiger partial charge on any atom is -0.497 e. The Hall–Kier alpha value is -5.50. The number of ether oxygens (including phenoxy) is 6. The number of rotatable bonds is 10. The van der Waals surface area contributed by atoms with Crippen LogP contribution in [0.1, 0.15) is 71.6 Å². The monoisotopic (exact) mass is 672 g/mol.